The van der Waals surface area contributed by atoms with E-state index in [1.54, 1.807) is 0 Å². The van der Waals surface area contributed by atoms with Gasteiger partial charge in [-0.25, -0.2) is 0 Å². The molecule has 0 aromatic rings. The fourth-order valence-corrected chi connectivity index (χ4v) is 6.85. The van der Waals surface area contributed by atoms with Crippen molar-refractivity contribution in [2.45, 2.75) is 77.9 Å². The van der Waals surface area contributed by atoms with Crippen LogP contribution in [0.25, 0.3) is 0 Å². The molecule has 0 saturated heterocycles. The highest BCUT2D eigenvalue weighted by Crippen LogP contribution is 2.91. The second-order valence-electron chi connectivity index (χ2n) is 9.67. The molecule has 1 spiro atoms. The van der Waals surface area contributed by atoms with Gasteiger partial charge in [0.15, 0.2) is 0 Å². The van der Waals surface area contributed by atoms with E-state index in [0.717, 1.165) is 19.3 Å². The molecule has 0 aromatic heterocycles. The molecule has 4 aliphatic carbocycles. The van der Waals surface area contributed by atoms with E-state index in [-0.39, 0.29) is 22.9 Å². The van der Waals surface area contributed by atoms with Crippen molar-refractivity contribution >= 4 is 5.97 Å². The highest BCUT2D eigenvalue weighted by atomic mass is 16.6. The van der Waals surface area contributed by atoms with Crippen LogP contribution < -0.4 is 0 Å². The van der Waals surface area contributed by atoms with E-state index in [0.29, 0.717) is 24.2 Å². The number of aliphatic hydroxyl groups is 1. The first-order valence-corrected chi connectivity index (χ1v) is 9.07. The highest BCUT2D eigenvalue weighted by Gasteiger charge is 2.96. The summed E-state index contributed by atoms with van der Waals surface area (Å²) in [6.07, 6.45) is 4.73. The minimum absolute atomic E-state index is 0.0224. The van der Waals surface area contributed by atoms with Crippen molar-refractivity contribution < 1.29 is 14.6 Å². The van der Waals surface area contributed by atoms with Gasteiger partial charge >= 0.3 is 5.97 Å². The molecule has 22 heavy (non-hydrogen) atoms. The van der Waals surface area contributed by atoms with Crippen molar-refractivity contribution in [2.75, 3.05) is 0 Å². The van der Waals surface area contributed by atoms with Crippen molar-refractivity contribution in [2.24, 2.45) is 34.5 Å². The van der Waals surface area contributed by atoms with Crippen molar-refractivity contribution in [1.29, 1.82) is 0 Å². The topological polar surface area (TPSA) is 46.5 Å². The van der Waals surface area contributed by atoms with E-state index < -0.39 is 11.0 Å². The van der Waals surface area contributed by atoms with E-state index in [1.807, 2.05) is 0 Å². The number of ether oxygens (including phenoxy) is 1. The maximum absolute atomic E-state index is 13.0. The molecule has 3 nitrogen and oxygen atoms in total. The molecule has 124 valence electrons. The third kappa shape index (κ3) is 1.29. The molecule has 0 amide bonds. The van der Waals surface area contributed by atoms with E-state index in [4.69, 9.17) is 4.74 Å². The van der Waals surface area contributed by atoms with Gasteiger partial charge in [0.25, 0.3) is 0 Å². The van der Waals surface area contributed by atoms with Crippen LogP contribution in [0.1, 0.15) is 66.7 Å². The Morgan fingerprint density at radius 1 is 1.27 bits per heavy atom. The summed E-state index contributed by atoms with van der Waals surface area (Å²) in [5.74, 6) is 1.96. The molecular formula is C19H30O3. The Hall–Kier alpha value is -0.570. The molecule has 1 N–H and O–H groups in total. The van der Waals surface area contributed by atoms with Crippen LogP contribution >= 0.6 is 0 Å². The maximum Gasteiger partial charge on any atom is 0.312 e. The summed E-state index contributed by atoms with van der Waals surface area (Å²) in [7, 11) is 0. The minimum atomic E-state index is -0.495. The first kappa shape index (κ1) is 15.0. The Balaban J connectivity index is 1.53. The number of rotatable bonds is 5. The van der Waals surface area contributed by atoms with E-state index >= 15 is 0 Å². The van der Waals surface area contributed by atoms with Gasteiger partial charge < -0.3 is 9.84 Å². The molecule has 0 bridgehead atoms. The predicted molar refractivity (Wildman–Crippen MR) is 84.1 cm³/mol. The Labute approximate surface area is 133 Å². The van der Waals surface area contributed by atoms with Gasteiger partial charge in [-0.05, 0) is 56.3 Å². The molecule has 4 aliphatic rings. The fourth-order valence-electron chi connectivity index (χ4n) is 6.85. The minimum Gasteiger partial charge on any atom is -0.458 e. The maximum atomic E-state index is 13.0. The van der Waals surface area contributed by atoms with Gasteiger partial charge in [-0.15, -0.1) is 0 Å². The molecular weight excluding hydrogens is 276 g/mol. The van der Waals surface area contributed by atoms with Gasteiger partial charge in [-0.2, -0.15) is 0 Å². The zero-order valence-corrected chi connectivity index (χ0v) is 14.6. The Kier molecular flexibility index (Phi) is 2.66. The van der Waals surface area contributed by atoms with Crippen molar-refractivity contribution in [1.82, 2.24) is 0 Å². The summed E-state index contributed by atoms with van der Waals surface area (Å²) in [4.78, 5) is 13.0. The average Bonchev–Trinajstić information content (AvgIpc) is 2.31. The van der Waals surface area contributed by atoms with E-state index in [1.165, 1.54) is 6.42 Å². The van der Waals surface area contributed by atoms with Crippen LogP contribution in [0.15, 0.2) is 0 Å². The average molecular weight is 306 g/mol. The molecule has 6 atom stereocenters. The van der Waals surface area contributed by atoms with E-state index in [2.05, 4.69) is 34.6 Å². The predicted octanol–water partition coefficient (Wildman–Crippen LogP) is 3.54. The van der Waals surface area contributed by atoms with E-state index in [9.17, 15) is 9.90 Å². The summed E-state index contributed by atoms with van der Waals surface area (Å²) >= 11 is 0. The molecule has 4 saturated carbocycles. The second kappa shape index (κ2) is 3.91. The lowest BCUT2D eigenvalue weighted by Gasteiger charge is -2.92. The van der Waals surface area contributed by atoms with Crippen LogP contribution in [0.5, 0.6) is 0 Å². The molecule has 3 heteroatoms. The highest BCUT2D eigenvalue weighted by molar-refractivity contribution is 5.78. The van der Waals surface area contributed by atoms with Crippen LogP contribution in [-0.2, 0) is 9.53 Å². The Bertz CT molecular complexity index is 535. The number of carbonyl (C=O) groups excluding carboxylic acids is 1. The Morgan fingerprint density at radius 3 is 2.36 bits per heavy atom. The molecule has 0 heterocycles. The first-order valence-electron chi connectivity index (χ1n) is 9.07. The summed E-state index contributed by atoms with van der Waals surface area (Å²) in [5.41, 5.74) is -1.24. The zero-order valence-electron chi connectivity index (χ0n) is 14.6. The Morgan fingerprint density at radius 2 is 1.91 bits per heavy atom. The third-order valence-electron chi connectivity index (χ3n) is 7.98. The monoisotopic (exact) mass is 306 g/mol. The third-order valence-corrected chi connectivity index (χ3v) is 7.98. The molecule has 4 fully saturated rings. The van der Waals surface area contributed by atoms with Gasteiger partial charge in [-0.1, -0.05) is 27.7 Å². The van der Waals surface area contributed by atoms with Crippen LogP contribution in [0.2, 0.25) is 0 Å². The van der Waals surface area contributed by atoms with Crippen molar-refractivity contribution in [3.63, 3.8) is 0 Å². The smallest absolute Gasteiger partial charge is 0.312 e. The van der Waals surface area contributed by atoms with Crippen molar-refractivity contribution in [3.8, 4) is 0 Å². The molecule has 0 radical (unpaired) electrons. The molecule has 0 aliphatic heterocycles. The van der Waals surface area contributed by atoms with Gasteiger partial charge in [-0.3, -0.25) is 4.79 Å². The molecule has 0 aromatic carbocycles. The standard InChI is InChI=1S/C19H30O3/c1-11(2)7-16(5,12(3)4)15(20)22-18-9-14-6-13-8-17(21,10-18)19(13,14)18/h11-14,21H,6-10H2,1-5H3. The second-order valence-corrected chi connectivity index (χ2v) is 9.67. The van der Waals surface area contributed by atoms with Gasteiger partial charge in [0.2, 0.25) is 0 Å². The van der Waals surface area contributed by atoms with Crippen LogP contribution in [0, 0.1) is 34.5 Å². The lowest BCUT2D eigenvalue weighted by molar-refractivity contribution is -0.505. The van der Waals surface area contributed by atoms with Crippen LogP contribution in [0.3, 0.4) is 0 Å². The summed E-state index contributed by atoms with van der Waals surface area (Å²) < 4.78 is 6.19. The first-order chi connectivity index (χ1) is 10.1. The summed E-state index contributed by atoms with van der Waals surface area (Å²) in [5, 5.41) is 10.7. The van der Waals surface area contributed by atoms with Gasteiger partial charge in [0.1, 0.15) is 5.60 Å². The van der Waals surface area contributed by atoms with Crippen LogP contribution in [-0.4, -0.2) is 22.3 Å². The zero-order chi connectivity index (χ0) is 16.1. The number of hydrogen-bond acceptors (Lipinski definition) is 3. The van der Waals surface area contributed by atoms with Crippen LogP contribution in [0.4, 0.5) is 0 Å². The lowest BCUT2D eigenvalue weighted by atomic mass is 9.15. The number of hydrogen-bond donors (Lipinski definition) is 1. The SMILES string of the molecule is CC(C)CC(C)(C(=O)OC12CC3CC4CC(O)(C1)C432)C(C)C. The summed E-state index contributed by atoms with van der Waals surface area (Å²) in [6, 6.07) is 0. The number of esters is 1. The quantitative estimate of drug-likeness (QED) is 0.790. The lowest BCUT2D eigenvalue weighted by Crippen LogP contribution is -2.97. The molecule has 6 unspecified atom stereocenters. The van der Waals surface area contributed by atoms with Gasteiger partial charge in [0.05, 0.1) is 11.0 Å². The van der Waals surface area contributed by atoms with Crippen molar-refractivity contribution in [3.05, 3.63) is 0 Å². The fraction of sp³-hybridized carbons (Fsp3) is 0.947. The number of carbonyl (C=O) groups is 1. The van der Waals surface area contributed by atoms with Gasteiger partial charge in [0, 0.05) is 11.8 Å². The largest absolute Gasteiger partial charge is 0.458 e. The summed E-state index contributed by atoms with van der Waals surface area (Å²) in [6.45, 7) is 10.6. The molecule has 4 rings (SSSR count). The normalized spacial score (nSPS) is 49.8.